The minimum Gasteiger partial charge on any atom is -0.485 e. The molecule has 144 valence electrons. The Hall–Kier alpha value is -3.13. The number of fused-ring (bicyclic) bond motifs is 1. The molecular formula is C20H19N3O4S. The molecule has 0 saturated carbocycles. The summed E-state index contributed by atoms with van der Waals surface area (Å²) in [5.74, 6) is 1.61. The van der Waals surface area contributed by atoms with E-state index in [2.05, 4.69) is 10.1 Å². The van der Waals surface area contributed by atoms with Gasteiger partial charge in [0.2, 0.25) is 0 Å². The molecule has 3 heterocycles. The van der Waals surface area contributed by atoms with Crippen molar-refractivity contribution >= 4 is 27.5 Å². The smallest absolute Gasteiger partial charge is 0.276 e. The fraction of sp³-hybridized carbons (Fsp3) is 0.250. The third-order valence-corrected chi connectivity index (χ3v) is 5.43. The molecule has 0 fully saturated rings. The Kier molecular flexibility index (Phi) is 4.87. The van der Waals surface area contributed by atoms with Crippen LogP contribution in [0.25, 0.3) is 10.2 Å². The summed E-state index contributed by atoms with van der Waals surface area (Å²) in [7, 11) is 1.70. The van der Waals surface area contributed by atoms with Crippen molar-refractivity contribution in [3.63, 3.8) is 0 Å². The largest absolute Gasteiger partial charge is 0.485 e. The fourth-order valence-electron chi connectivity index (χ4n) is 2.82. The summed E-state index contributed by atoms with van der Waals surface area (Å²) >= 11 is 1.64. The van der Waals surface area contributed by atoms with Gasteiger partial charge in [0.15, 0.2) is 11.5 Å². The van der Waals surface area contributed by atoms with Gasteiger partial charge in [0, 0.05) is 19.2 Å². The number of carbonyl (C=O) groups excluding carboxylic acids is 1. The first-order valence-electron chi connectivity index (χ1n) is 8.77. The number of hydrogen-bond donors (Lipinski definition) is 0. The summed E-state index contributed by atoms with van der Waals surface area (Å²) in [4.78, 5) is 18.6. The summed E-state index contributed by atoms with van der Waals surface area (Å²) in [6.45, 7) is 4.03. The van der Waals surface area contributed by atoms with Crippen LogP contribution >= 0.6 is 11.3 Å². The highest BCUT2D eigenvalue weighted by Crippen LogP contribution is 2.26. The lowest BCUT2D eigenvalue weighted by molar-refractivity contribution is 0.0715. The third-order valence-electron chi connectivity index (χ3n) is 4.48. The number of carbonyl (C=O) groups is 1. The Morgan fingerprint density at radius 2 is 2.18 bits per heavy atom. The van der Waals surface area contributed by atoms with Crippen molar-refractivity contribution in [2.45, 2.75) is 26.5 Å². The SMILES string of the molecule is Cc1nc2cc(OCc3cc(C(=O)N(C)C(C)c4ccco4)no3)ccc2s1. The van der Waals surface area contributed by atoms with Gasteiger partial charge in [-0.05, 0) is 38.1 Å². The topological polar surface area (TPSA) is 81.6 Å². The molecule has 7 nitrogen and oxygen atoms in total. The predicted octanol–water partition coefficient (Wildman–Crippen LogP) is 4.60. The monoisotopic (exact) mass is 397 g/mol. The second-order valence-corrected chi connectivity index (χ2v) is 7.67. The fourth-order valence-corrected chi connectivity index (χ4v) is 3.63. The molecule has 0 aliphatic rings. The highest BCUT2D eigenvalue weighted by molar-refractivity contribution is 7.18. The molecule has 3 aromatic heterocycles. The van der Waals surface area contributed by atoms with Gasteiger partial charge in [-0.3, -0.25) is 4.79 Å². The number of furan rings is 1. The molecule has 0 bridgehead atoms. The molecule has 0 aliphatic carbocycles. The number of aromatic nitrogens is 2. The molecule has 1 aromatic carbocycles. The first kappa shape index (κ1) is 18.2. The highest BCUT2D eigenvalue weighted by atomic mass is 32.1. The van der Waals surface area contributed by atoms with Gasteiger partial charge in [0.25, 0.3) is 5.91 Å². The molecule has 0 saturated heterocycles. The molecule has 8 heteroatoms. The minimum absolute atomic E-state index is 0.173. The maximum Gasteiger partial charge on any atom is 0.276 e. The molecule has 0 aliphatic heterocycles. The van der Waals surface area contributed by atoms with Gasteiger partial charge < -0.3 is 18.6 Å². The van der Waals surface area contributed by atoms with E-state index in [9.17, 15) is 4.79 Å². The van der Waals surface area contributed by atoms with E-state index in [4.69, 9.17) is 13.7 Å². The second-order valence-electron chi connectivity index (χ2n) is 6.44. The predicted molar refractivity (Wildman–Crippen MR) is 104 cm³/mol. The normalized spacial score (nSPS) is 12.2. The number of ether oxygens (including phenoxy) is 1. The lowest BCUT2D eigenvalue weighted by Gasteiger charge is -2.21. The number of hydrogen-bond acceptors (Lipinski definition) is 7. The van der Waals surface area contributed by atoms with Gasteiger partial charge in [0.05, 0.1) is 27.5 Å². The highest BCUT2D eigenvalue weighted by Gasteiger charge is 2.23. The first-order chi connectivity index (χ1) is 13.5. The first-order valence-corrected chi connectivity index (χ1v) is 9.59. The van der Waals surface area contributed by atoms with Crippen molar-refractivity contribution in [1.82, 2.24) is 15.0 Å². The van der Waals surface area contributed by atoms with Crippen LogP contribution in [-0.4, -0.2) is 28.0 Å². The van der Waals surface area contributed by atoms with E-state index in [1.165, 1.54) is 0 Å². The Balaban J connectivity index is 1.41. The van der Waals surface area contributed by atoms with Crippen molar-refractivity contribution in [2.24, 2.45) is 0 Å². The average molecular weight is 397 g/mol. The zero-order valence-electron chi connectivity index (χ0n) is 15.7. The van der Waals surface area contributed by atoms with Gasteiger partial charge in [-0.15, -0.1) is 11.3 Å². The zero-order valence-corrected chi connectivity index (χ0v) is 16.5. The van der Waals surface area contributed by atoms with Crippen LogP contribution in [0.1, 0.15) is 40.0 Å². The van der Waals surface area contributed by atoms with Gasteiger partial charge in [-0.2, -0.15) is 0 Å². The van der Waals surface area contributed by atoms with Crippen molar-refractivity contribution < 1.29 is 18.5 Å². The lowest BCUT2D eigenvalue weighted by Crippen LogP contribution is -2.29. The number of amides is 1. The van der Waals surface area contributed by atoms with E-state index in [0.717, 1.165) is 15.2 Å². The van der Waals surface area contributed by atoms with Crippen LogP contribution in [0.5, 0.6) is 5.75 Å². The van der Waals surface area contributed by atoms with Crippen molar-refractivity contribution in [3.8, 4) is 5.75 Å². The number of nitrogens with zero attached hydrogens (tertiary/aromatic N) is 3. The van der Waals surface area contributed by atoms with Crippen molar-refractivity contribution in [1.29, 1.82) is 0 Å². The molecule has 0 spiro atoms. The van der Waals surface area contributed by atoms with E-state index in [1.807, 2.05) is 38.1 Å². The zero-order chi connectivity index (χ0) is 19.7. The summed E-state index contributed by atoms with van der Waals surface area (Å²) in [5, 5.41) is 4.89. The summed E-state index contributed by atoms with van der Waals surface area (Å²) < 4.78 is 17.5. The molecule has 1 unspecified atom stereocenters. The minimum atomic E-state index is -0.252. The molecule has 1 amide bonds. The van der Waals surface area contributed by atoms with Gasteiger partial charge in [-0.25, -0.2) is 4.98 Å². The maximum atomic E-state index is 12.6. The van der Waals surface area contributed by atoms with E-state index >= 15 is 0 Å². The Morgan fingerprint density at radius 1 is 1.32 bits per heavy atom. The van der Waals surface area contributed by atoms with Crippen LogP contribution in [-0.2, 0) is 6.61 Å². The number of thiazole rings is 1. The molecular weight excluding hydrogens is 378 g/mol. The van der Waals surface area contributed by atoms with Crippen LogP contribution in [0.3, 0.4) is 0 Å². The third kappa shape index (κ3) is 3.63. The van der Waals surface area contributed by atoms with Crippen LogP contribution in [0.4, 0.5) is 0 Å². The van der Waals surface area contributed by atoms with Crippen molar-refractivity contribution in [3.05, 3.63) is 64.9 Å². The molecule has 0 radical (unpaired) electrons. The van der Waals surface area contributed by atoms with E-state index in [1.54, 1.807) is 41.7 Å². The van der Waals surface area contributed by atoms with E-state index in [-0.39, 0.29) is 24.2 Å². The summed E-state index contributed by atoms with van der Waals surface area (Å²) in [6, 6.07) is 10.8. The van der Waals surface area contributed by atoms with Gasteiger partial charge >= 0.3 is 0 Å². The molecule has 1 atom stereocenters. The van der Waals surface area contributed by atoms with E-state index < -0.39 is 0 Å². The number of rotatable bonds is 6. The summed E-state index contributed by atoms with van der Waals surface area (Å²) in [6.07, 6.45) is 1.58. The van der Waals surface area contributed by atoms with Gasteiger partial charge in [0.1, 0.15) is 18.1 Å². The van der Waals surface area contributed by atoms with Crippen LogP contribution in [0.2, 0.25) is 0 Å². The maximum absolute atomic E-state index is 12.6. The Labute approximate surface area is 165 Å². The standard InChI is InChI=1S/C20H19N3O4S/c1-12(18-5-4-8-25-18)23(3)20(24)17-10-15(27-22-17)11-26-14-6-7-19-16(9-14)21-13(2)28-19/h4-10,12H,11H2,1-3H3. The Bertz CT molecular complexity index is 1100. The van der Waals surface area contributed by atoms with Crippen LogP contribution in [0.15, 0.2) is 51.6 Å². The summed E-state index contributed by atoms with van der Waals surface area (Å²) in [5.41, 5.74) is 1.13. The second kappa shape index (κ2) is 7.47. The van der Waals surface area contributed by atoms with Gasteiger partial charge in [-0.1, -0.05) is 5.16 Å². The quantitative estimate of drug-likeness (QED) is 0.473. The lowest BCUT2D eigenvalue weighted by atomic mass is 10.2. The number of aryl methyl sites for hydroxylation is 1. The molecule has 4 rings (SSSR count). The van der Waals surface area contributed by atoms with Crippen LogP contribution in [0, 0.1) is 6.92 Å². The van der Waals surface area contributed by atoms with E-state index in [0.29, 0.717) is 17.3 Å². The van der Waals surface area contributed by atoms with Crippen molar-refractivity contribution in [2.75, 3.05) is 7.05 Å². The molecule has 0 N–H and O–H groups in total. The average Bonchev–Trinajstić information content (AvgIpc) is 3.43. The molecule has 28 heavy (non-hydrogen) atoms. The Morgan fingerprint density at radius 3 is 2.96 bits per heavy atom. The number of benzene rings is 1. The van der Waals surface area contributed by atoms with Crippen LogP contribution < -0.4 is 4.74 Å². The molecule has 4 aromatic rings.